The number of nitro benzene ring substituents is 1. The summed E-state index contributed by atoms with van der Waals surface area (Å²) in [5, 5.41) is 18.8. The van der Waals surface area contributed by atoms with Crippen molar-refractivity contribution in [1.29, 1.82) is 0 Å². The molecule has 0 bridgehead atoms. The lowest BCUT2D eigenvalue weighted by molar-refractivity contribution is -0.384. The van der Waals surface area contributed by atoms with Gasteiger partial charge in [0.1, 0.15) is 11.5 Å². The van der Waals surface area contributed by atoms with Gasteiger partial charge in [-0.15, -0.1) is 0 Å². The van der Waals surface area contributed by atoms with E-state index >= 15 is 0 Å². The number of aromatic nitrogens is 2. The van der Waals surface area contributed by atoms with Gasteiger partial charge in [-0.25, -0.2) is 0 Å². The van der Waals surface area contributed by atoms with Crippen LogP contribution in [0.15, 0.2) is 36.4 Å². The number of carbonyl (C=O) groups is 1. The average Bonchev–Trinajstić information content (AvgIpc) is 2.90. The fourth-order valence-corrected chi connectivity index (χ4v) is 3.05. The van der Waals surface area contributed by atoms with Gasteiger partial charge >= 0.3 is 0 Å². The van der Waals surface area contributed by atoms with E-state index in [0.29, 0.717) is 27.7 Å². The highest BCUT2D eigenvalue weighted by molar-refractivity contribution is 6.31. The molecule has 1 heterocycles. The lowest BCUT2D eigenvalue weighted by Crippen LogP contribution is -2.14. The van der Waals surface area contributed by atoms with Gasteiger partial charge < -0.3 is 10.1 Å². The van der Waals surface area contributed by atoms with Crippen LogP contribution in [0.5, 0.6) is 11.5 Å². The quantitative estimate of drug-likeness (QED) is 0.470. The normalized spacial score (nSPS) is 10.7. The number of anilines is 1. The van der Waals surface area contributed by atoms with Crippen molar-refractivity contribution >= 4 is 28.9 Å². The van der Waals surface area contributed by atoms with Gasteiger partial charge in [0.05, 0.1) is 27.9 Å². The Balaban J connectivity index is 1.93. The number of benzene rings is 2. The van der Waals surface area contributed by atoms with Gasteiger partial charge in [-0.05, 0) is 44.5 Å². The maximum absolute atomic E-state index is 12.7. The Bertz CT molecular complexity index is 1120. The van der Waals surface area contributed by atoms with Crippen molar-refractivity contribution in [3.8, 4) is 11.5 Å². The summed E-state index contributed by atoms with van der Waals surface area (Å²) in [6.07, 6.45) is 0. The zero-order valence-electron chi connectivity index (χ0n) is 16.3. The highest BCUT2D eigenvalue weighted by Crippen LogP contribution is 2.31. The first kappa shape index (κ1) is 20.3. The molecule has 0 aliphatic heterocycles. The van der Waals surface area contributed by atoms with Crippen LogP contribution in [0, 0.1) is 30.9 Å². The number of nitrogens with one attached hydrogen (secondary N) is 1. The Morgan fingerprint density at radius 2 is 1.90 bits per heavy atom. The summed E-state index contributed by atoms with van der Waals surface area (Å²) in [6, 6.07) is 9.16. The van der Waals surface area contributed by atoms with Crippen LogP contribution in [-0.4, -0.2) is 20.6 Å². The van der Waals surface area contributed by atoms with Gasteiger partial charge in [0.15, 0.2) is 0 Å². The second kappa shape index (κ2) is 7.92. The largest absolute Gasteiger partial charge is 0.457 e. The number of nitro groups is 1. The first-order valence-electron chi connectivity index (χ1n) is 8.70. The Hall–Kier alpha value is -3.39. The van der Waals surface area contributed by atoms with Crippen molar-refractivity contribution < 1.29 is 14.5 Å². The van der Waals surface area contributed by atoms with E-state index in [-0.39, 0.29) is 17.1 Å². The summed E-state index contributed by atoms with van der Waals surface area (Å²) in [5.74, 6) is 0.293. The Morgan fingerprint density at radius 3 is 2.48 bits per heavy atom. The second-order valence-corrected chi connectivity index (χ2v) is 7.02. The summed E-state index contributed by atoms with van der Waals surface area (Å²) >= 11 is 6.02. The molecule has 0 atom stereocenters. The van der Waals surface area contributed by atoms with Gasteiger partial charge in [-0.2, -0.15) is 5.10 Å². The molecule has 29 heavy (non-hydrogen) atoms. The number of ether oxygens (including phenoxy) is 1. The Kier molecular flexibility index (Phi) is 5.56. The molecule has 9 heteroatoms. The first-order valence-corrected chi connectivity index (χ1v) is 9.08. The van der Waals surface area contributed by atoms with Crippen LogP contribution in [0.3, 0.4) is 0 Å². The van der Waals surface area contributed by atoms with Crippen molar-refractivity contribution in [1.82, 2.24) is 9.78 Å². The average molecular weight is 415 g/mol. The fraction of sp³-hybridized carbons (Fsp3) is 0.200. The molecule has 3 rings (SSSR count). The van der Waals surface area contributed by atoms with E-state index in [1.807, 2.05) is 6.92 Å². The topological polar surface area (TPSA) is 99.3 Å². The molecule has 0 radical (unpaired) electrons. The molecule has 0 aliphatic rings. The molecule has 150 valence electrons. The van der Waals surface area contributed by atoms with Crippen LogP contribution < -0.4 is 10.1 Å². The van der Waals surface area contributed by atoms with E-state index in [1.54, 1.807) is 43.8 Å². The summed E-state index contributed by atoms with van der Waals surface area (Å²) in [6.45, 7) is 5.33. The number of carbonyl (C=O) groups excluding carboxylic acids is 1. The number of amides is 1. The number of nitrogens with zero attached hydrogens (tertiary/aromatic N) is 3. The minimum absolute atomic E-state index is 0.205. The van der Waals surface area contributed by atoms with E-state index in [1.165, 1.54) is 18.2 Å². The van der Waals surface area contributed by atoms with Crippen LogP contribution >= 0.6 is 11.6 Å². The lowest BCUT2D eigenvalue weighted by Gasteiger charge is -2.10. The summed E-state index contributed by atoms with van der Waals surface area (Å²) in [5.41, 5.74) is 2.54. The molecular formula is C20H19ClN4O4. The molecule has 0 aliphatic carbocycles. The zero-order chi connectivity index (χ0) is 21.3. The van der Waals surface area contributed by atoms with Crippen LogP contribution in [-0.2, 0) is 7.05 Å². The molecule has 1 aromatic heterocycles. The predicted molar refractivity (Wildman–Crippen MR) is 110 cm³/mol. The highest BCUT2D eigenvalue weighted by atomic mass is 35.5. The number of non-ortho nitro benzene ring substituents is 1. The van der Waals surface area contributed by atoms with Crippen LogP contribution in [0.25, 0.3) is 0 Å². The molecule has 0 saturated carbocycles. The van der Waals surface area contributed by atoms with E-state index in [2.05, 4.69) is 10.4 Å². The number of hydrogen-bond acceptors (Lipinski definition) is 5. The SMILES string of the molecule is Cc1cc(Oc2cc(NC(=O)c3c(C)nn(C)c3C)cc([N+](=O)[O-])c2)ccc1Cl. The lowest BCUT2D eigenvalue weighted by atomic mass is 10.1. The van der Waals surface area contributed by atoms with Gasteiger partial charge in [0.2, 0.25) is 0 Å². The third-order valence-corrected chi connectivity index (χ3v) is 4.89. The van der Waals surface area contributed by atoms with Crippen molar-refractivity contribution in [2.75, 3.05) is 5.32 Å². The Morgan fingerprint density at radius 1 is 1.17 bits per heavy atom. The van der Waals surface area contributed by atoms with E-state index in [0.717, 1.165) is 5.56 Å². The molecule has 1 N–H and O–H groups in total. The number of halogens is 1. The molecule has 8 nitrogen and oxygen atoms in total. The van der Waals surface area contributed by atoms with Gasteiger partial charge in [-0.3, -0.25) is 19.6 Å². The maximum atomic E-state index is 12.7. The summed E-state index contributed by atoms with van der Waals surface area (Å²) in [7, 11) is 1.74. The smallest absolute Gasteiger partial charge is 0.275 e. The second-order valence-electron chi connectivity index (χ2n) is 6.61. The Labute approximate surface area is 172 Å². The molecule has 2 aromatic carbocycles. The third kappa shape index (κ3) is 4.38. The van der Waals surface area contributed by atoms with Gasteiger partial charge in [-0.1, -0.05) is 11.6 Å². The summed E-state index contributed by atoms with van der Waals surface area (Å²) < 4.78 is 7.36. The van der Waals surface area contributed by atoms with E-state index in [4.69, 9.17) is 16.3 Å². The molecule has 3 aromatic rings. The minimum atomic E-state index is -0.545. The molecule has 1 amide bonds. The van der Waals surface area contributed by atoms with E-state index in [9.17, 15) is 14.9 Å². The van der Waals surface area contributed by atoms with Crippen LogP contribution in [0.2, 0.25) is 5.02 Å². The molecular weight excluding hydrogens is 396 g/mol. The van der Waals surface area contributed by atoms with Crippen LogP contribution in [0.4, 0.5) is 11.4 Å². The third-order valence-electron chi connectivity index (χ3n) is 4.46. The predicted octanol–water partition coefficient (Wildman–Crippen LogP) is 4.95. The molecule has 0 fully saturated rings. The summed E-state index contributed by atoms with van der Waals surface area (Å²) in [4.78, 5) is 23.5. The monoisotopic (exact) mass is 414 g/mol. The number of rotatable bonds is 5. The molecule has 0 saturated heterocycles. The fourth-order valence-electron chi connectivity index (χ4n) is 2.93. The molecule has 0 spiro atoms. The van der Waals surface area contributed by atoms with Crippen molar-refractivity contribution in [2.45, 2.75) is 20.8 Å². The standard InChI is InChI=1S/C20H19ClN4O4/c1-11-7-16(5-6-18(11)21)29-17-9-14(8-15(10-17)25(27)28)22-20(26)19-12(2)23-24(4)13(19)3/h5-10H,1-4H3,(H,22,26). The van der Waals surface area contributed by atoms with Crippen LogP contribution in [0.1, 0.15) is 27.3 Å². The minimum Gasteiger partial charge on any atom is -0.457 e. The maximum Gasteiger partial charge on any atom is 0.275 e. The number of aryl methyl sites for hydroxylation is 3. The van der Waals surface area contributed by atoms with Gasteiger partial charge in [0.25, 0.3) is 11.6 Å². The first-order chi connectivity index (χ1) is 13.7. The molecule has 0 unspecified atom stereocenters. The van der Waals surface area contributed by atoms with Crippen molar-refractivity contribution in [3.63, 3.8) is 0 Å². The highest BCUT2D eigenvalue weighted by Gasteiger charge is 2.19. The number of hydrogen-bond donors (Lipinski definition) is 1. The van der Waals surface area contributed by atoms with Gasteiger partial charge in [0, 0.05) is 29.9 Å². The zero-order valence-corrected chi connectivity index (χ0v) is 17.1. The van der Waals surface area contributed by atoms with Crippen molar-refractivity contribution in [2.24, 2.45) is 7.05 Å². The van der Waals surface area contributed by atoms with Crippen molar-refractivity contribution in [3.05, 3.63) is 74.0 Å². The van der Waals surface area contributed by atoms with E-state index < -0.39 is 10.8 Å².